The van der Waals surface area contributed by atoms with Crippen LogP contribution in [0.4, 0.5) is 4.39 Å². The number of aromatic nitrogens is 6. The van der Waals surface area contributed by atoms with Gasteiger partial charge in [0.15, 0.2) is 5.82 Å². The number of carbonyl (C=O) groups excluding carboxylic acids is 1. The summed E-state index contributed by atoms with van der Waals surface area (Å²) < 4.78 is 14.8. The van der Waals surface area contributed by atoms with Crippen LogP contribution in [-0.4, -0.2) is 42.2 Å². The highest BCUT2D eigenvalue weighted by Gasteiger charge is 2.27. The molecule has 5 rings (SSSR count). The lowest BCUT2D eigenvalue weighted by Gasteiger charge is -2.14. The third kappa shape index (κ3) is 3.16. The van der Waals surface area contributed by atoms with Crippen LogP contribution in [0.3, 0.4) is 0 Å². The number of amides is 1. The molecule has 144 valence electrons. The Bertz CT molecular complexity index is 1170. The van der Waals surface area contributed by atoms with Crippen LogP contribution in [-0.2, 0) is 6.42 Å². The summed E-state index contributed by atoms with van der Waals surface area (Å²) >= 11 is 0. The molecule has 0 aliphatic carbocycles. The Kier molecular flexibility index (Phi) is 4.12. The highest BCUT2D eigenvalue weighted by atomic mass is 19.1. The number of aromatic amines is 1. The lowest BCUT2D eigenvalue weighted by molar-refractivity contribution is 0.0950. The van der Waals surface area contributed by atoms with Gasteiger partial charge >= 0.3 is 0 Å². The van der Waals surface area contributed by atoms with Crippen LogP contribution in [0.2, 0.25) is 0 Å². The van der Waals surface area contributed by atoms with Crippen molar-refractivity contribution in [3.8, 4) is 17.2 Å². The molecule has 2 N–H and O–H groups in total. The number of imidazole rings is 1. The zero-order valence-electron chi connectivity index (χ0n) is 15.2. The highest BCUT2D eigenvalue weighted by Crippen LogP contribution is 2.28. The third-order valence-electron chi connectivity index (χ3n) is 4.97. The van der Waals surface area contributed by atoms with Crippen molar-refractivity contribution >= 4 is 5.91 Å². The molecule has 0 spiro atoms. The molecule has 4 heterocycles. The number of carbonyl (C=O) groups is 1. The molecule has 0 bridgehead atoms. The lowest BCUT2D eigenvalue weighted by atomic mass is 9.94. The van der Waals surface area contributed by atoms with Gasteiger partial charge < -0.3 is 10.3 Å². The van der Waals surface area contributed by atoms with Crippen LogP contribution in [0.1, 0.15) is 27.7 Å². The quantitative estimate of drug-likeness (QED) is 0.560. The number of fused-ring (bicyclic) bond motifs is 1. The molecule has 0 radical (unpaired) electrons. The van der Waals surface area contributed by atoms with Gasteiger partial charge in [0.1, 0.15) is 30.0 Å². The van der Waals surface area contributed by atoms with E-state index in [4.69, 9.17) is 0 Å². The topological polar surface area (TPSA) is 101 Å². The van der Waals surface area contributed by atoms with Crippen molar-refractivity contribution in [2.24, 2.45) is 0 Å². The fourth-order valence-electron chi connectivity index (χ4n) is 3.54. The first-order valence-electron chi connectivity index (χ1n) is 9.12. The van der Waals surface area contributed by atoms with Crippen molar-refractivity contribution < 1.29 is 9.18 Å². The minimum absolute atomic E-state index is 0.0118. The van der Waals surface area contributed by atoms with Crippen molar-refractivity contribution in [1.29, 1.82) is 0 Å². The number of halogens is 1. The maximum atomic E-state index is 13.3. The van der Waals surface area contributed by atoms with E-state index in [1.165, 1.54) is 18.5 Å². The number of nitrogens with one attached hydrogen (secondary N) is 2. The van der Waals surface area contributed by atoms with Gasteiger partial charge in [0.25, 0.3) is 5.91 Å². The molecule has 9 heteroatoms. The second-order valence-electron chi connectivity index (χ2n) is 6.79. The van der Waals surface area contributed by atoms with Crippen LogP contribution in [0.5, 0.6) is 0 Å². The van der Waals surface area contributed by atoms with E-state index >= 15 is 0 Å². The molecule has 1 aliphatic heterocycles. The van der Waals surface area contributed by atoms with Gasteiger partial charge in [-0.25, -0.2) is 24.0 Å². The summed E-state index contributed by atoms with van der Waals surface area (Å²) in [4.78, 5) is 28.8. The molecule has 1 atom stereocenters. The molecule has 0 saturated heterocycles. The standard InChI is InChI=1S/C20H16FN7O/c21-14-5-3-12(4-6-14)13-8-16-17(20(29)24-9-13)27-18(26-16)15-2-1-7-23-19(15)28-11-22-10-25-28/h1-7,10-11,13H,8-9H2,(H,24,29)(H,26,27). The van der Waals surface area contributed by atoms with Crippen LogP contribution < -0.4 is 5.32 Å². The minimum atomic E-state index is -0.284. The monoisotopic (exact) mass is 389 g/mol. The Morgan fingerprint density at radius 1 is 1.17 bits per heavy atom. The molecule has 3 aromatic heterocycles. The average molecular weight is 389 g/mol. The molecule has 8 nitrogen and oxygen atoms in total. The Hall–Kier alpha value is -3.88. The van der Waals surface area contributed by atoms with E-state index in [0.29, 0.717) is 35.9 Å². The first-order valence-corrected chi connectivity index (χ1v) is 9.12. The van der Waals surface area contributed by atoms with E-state index < -0.39 is 0 Å². The molecule has 1 aliphatic rings. The summed E-state index contributed by atoms with van der Waals surface area (Å²) in [5.41, 5.74) is 2.76. The van der Waals surface area contributed by atoms with E-state index in [9.17, 15) is 9.18 Å². The summed E-state index contributed by atoms with van der Waals surface area (Å²) in [6.45, 7) is 0.459. The first-order chi connectivity index (χ1) is 14.2. The summed E-state index contributed by atoms with van der Waals surface area (Å²) in [6, 6.07) is 10.0. The fraction of sp³-hybridized carbons (Fsp3) is 0.150. The summed E-state index contributed by atoms with van der Waals surface area (Å²) in [6.07, 6.45) is 5.21. The van der Waals surface area contributed by atoms with Gasteiger partial charge in [0.2, 0.25) is 0 Å². The second-order valence-corrected chi connectivity index (χ2v) is 6.79. The molecule has 0 saturated carbocycles. The molecule has 1 unspecified atom stereocenters. The van der Waals surface area contributed by atoms with Crippen LogP contribution in [0.15, 0.2) is 55.2 Å². The van der Waals surface area contributed by atoms with Crippen molar-refractivity contribution in [3.05, 3.63) is 78.0 Å². The predicted octanol–water partition coefficient (Wildman–Crippen LogP) is 2.26. The minimum Gasteiger partial charge on any atom is -0.350 e. The van der Waals surface area contributed by atoms with Crippen molar-refractivity contribution in [2.75, 3.05) is 6.54 Å². The second kappa shape index (κ2) is 6.93. The predicted molar refractivity (Wildman–Crippen MR) is 102 cm³/mol. The van der Waals surface area contributed by atoms with E-state index in [-0.39, 0.29) is 17.6 Å². The molecule has 29 heavy (non-hydrogen) atoms. The number of benzene rings is 1. The molecule has 1 aromatic carbocycles. The molecular formula is C20H16FN7O. The summed E-state index contributed by atoms with van der Waals surface area (Å²) in [7, 11) is 0. The van der Waals surface area contributed by atoms with E-state index in [1.54, 1.807) is 35.4 Å². The molecule has 1 amide bonds. The van der Waals surface area contributed by atoms with E-state index in [1.807, 2.05) is 6.07 Å². The molecule has 4 aromatic rings. The van der Waals surface area contributed by atoms with Gasteiger partial charge in [-0.3, -0.25) is 4.79 Å². The first kappa shape index (κ1) is 17.2. The summed E-state index contributed by atoms with van der Waals surface area (Å²) in [5.74, 6) is 0.581. The number of rotatable bonds is 3. The number of pyridine rings is 1. The Balaban J connectivity index is 1.54. The molecule has 0 fully saturated rings. The zero-order valence-corrected chi connectivity index (χ0v) is 15.2. The van der Waals surface area contributed by atoms with Crippen molar-refractivity contribution in [3.63, 3.8) is 0 Å². The van der Waals surface area contributed by atoms with Gasteiger partial charge in [-0.1, -0.05) is 12.1 Å². The number of hydrogen-bond acceptors (Lipinski definition) is 5. The maximum Gasteiger partial charge on any atom is 0.271 e. The number of hydrogen-bond donors (Lipinski definition) is 2. The fourth-order valence-corrected chi connectivity index (χ4v) is 3.54. The lowest BCUT2D eigenvalue weighted by Crippen LogP contribution is -2.26. The Labute approximate surface area is 164 Å². The summed E-state index contributed by atoms with van der Waals surface area (Å²) in [5, 5.41) is 7.05. The van der Waals surface area contributed by atoms with Crippen LogP contribution in [0, 0.1) is 5.82 Å². The van der Waals surface area contributed by atoms with E-state index in [2.05, 4.69) is 30.4 Å². The van der Waals surface area contributed by atoms with Crippen LogP contribution in [0.25, 0.3) is 17.2 Å². The Morgan fingerprint density at radius 2 is 2.03 bits per heavy atom. The molecular weight excluding hydrogens is 373 g/mol. The van der Waals surface area contributed by atoms with E-state index in [0.717, 1.165) is 11.3 Å². The average Bonchev–Trinajstić information content (AvgIpc) is 3.39. The zero-order chi connectivity index (χ0) is 19.8. The van der Waals surface area contributed by atoms with Crippen molar-refractivity contribution in [2.45, 2.75) is 12.3 Å². The third-order valence-corrected chi connectivity index (χ3v) is 4.97. The smallest absolute Gasteiger partial charge is 0.271 e. The van der Waals surface area contributed by atoms with Gasteiger partial charge in [-0.05, 0) is 36.2 Å². The van der Waals surface area contributed by atoms with Gasteiger partial charge in [-0.15, -0.1) is 0 Å². The largest absolute Gasteiger partial charge is 0.350 e. The van der Waals surface area contributed by atoms with Gasteiger partial charge in [-0.2, -0.15) is 5.10 Å². The van der Waals surface area contributed by atoms with Gasteiger partial charge in [0.05, 0.1) is 5.56 Å². The number of H-pyrrole nitrogens is 1. The van der Waals surface area contributed by atoms with Crippen molar-refractivity contribution in [1.82, 2.24) is 35.0 Å². The SMILES string of the molecule is O=C1NCC(c2ccc(F)cc2)Cc2[nH]c(-c3cccnc3-n3cncn3)nc21. The maximum absolute atomic E-state index is 13.3. The number of nitrogens with zero attached hydrogens (tertiary/aromatic N) is 5. The van der Waals surface area contributed by atoms with Crippen LogP contribution >= 0.6 is 0 Å². The Morgan fingerprint density at radius 3 is 2.83 bits per heavy atom. The normalized spacial score (nSPS) is 16.2. The highest BCUT2D eigenvalue weighted by molar-refractivity contribution is 5.94. The van der Waals surface area contributed by atoms with Gasteiger partial charge in [0, 0.05) is 24.4 Å².